The minimum Gasteiger partial charge on any atom is -0.462 e. The number of unbranched alkanes of at least 4 members (excludes halogenated alkanes) is 40. The lowest BCUT2D eigenvalue weighted by Gasteiger charge is -2.21. The number of aliphatic hydroxyl groups excluding tert-OH is 1. The fourth-order valence-corrected chi connectivity index (χ4v) is 12.3. The second-order valence-electron chi connectivity index (χ2n) is 26.6. The van der Waals surface area contributed by atoms with E-state index in [9.17, 15) is 43.2 Å². The van der Waals surface area contributed by atoms with Gasteiger partial charge in [-0.1, -0.05) is 311 Å². The molecule has 0 aromatic rings. The van der Waals surface area contributed by atoms with E-state index in [1.54, 1.807) is 0 Å². The molecule has 0 amide bonds. The Hall–Kier alpha value is -1.94. The fraction of sp³-hybridized carbons (Fsp3) is 0.944. The second kappa shape index (κ2) is 63.1. The Labute approximate surface area is 549 Å². The summed E-state index contributed by atoms with van der Waals surface area (Å²) >= 11 is 0. The zero-order valence-electron chi connectivity index (χ0n) is 58.4. The van der Waals surface area contributed by atoms with Gasteiger partial charge in [0, 0.05) is 25.7 Å². The molecule has 0 spiro atoms. The number of carbonyl (C=O) groups excluding carboxylic acids is 4. The van der Waals surface area contributed by atoms with E-state index >= 15 is 0 Å². The highest BCUT2D eigenvalue weighted by atomic mass is 31.2. The summed E-state index contributed by atoms with van der Waals surface area (Å²) in [7, 11) is -9.90. The zero-order valence-corrected chi connectivity index (χ0v) is 60.2. The minimum atomic E-state index is -4.95. The van der Waals surface area contributed by atoms with Crippen molar-refractivity contribution in [2.24, 2.45) is 11.8 Å². The summed E-state index contributed by atoms with van der Waals surface area (Å²) in [6.45, 7) is 9.50. The fourth-order valence-electron chi connectivity index (χ4n) is 10.8. The van der Waals surface area contributed by atoms with Crippen molar-refractivity contribution in [3.05, 3.63) is 0 Å². The topological polar surface area (TPSA) is 237 Å². The van der Waals surface area contributed by atoms with Gasteiger partial charge in [-0.05, 0) is 37.5 Å². The molecule has 0 radical (unpaired) electrons. The summed E-state index contributed by atoms with van der Waals surface area (Å²) in [6, 6.07) is 0. The van der Waals surface area contributed by atoms with Crippen LogP contribution in [-0.2, 0) is 65.4 Å². The smallest absolute Gasteiger partial charge is 0.462 e. The number of esters is 4. The first-order valence-corrected chi connectivity index (χ1v) is 40.0. The van der Waals surface area contributed by atoms with Gasteiger partial charge in [-0.2, -0.15) is 0 Å². The van der Waals surface area contributed by atoms with E-state index in [4.69, 9.17) is 37.0 Å². The number of hydrogen-bond acceptors (Lipinski definition) is 15. The van der Waals surface area contributed by atoms with E-state index in [-0.39, 0.29) is 25.7 Å². The Morgan fingerprint density at radius 2 is 0.511 bits per heavy atom. The van der Waals surface area contributed by atoms with E-state index in [1.807, 2.05) is 0 Å². The molecular weight excluding hydrogens is 1190 g/mol. The van der Waals surface area contributed by atoms with Crippen molar-refractivity contribution in [1.82, 2.24) is 0 Å². The lowest BCUT2D eigenvalue weighted by Crippen LogP contribution is -2.30. The quantitative estimate of drug-likeness (QED) is 0.0222. The minimum absolute atomic E-state index is 0.103. The number of rotatable bonds is 70. The van der Waals surface area contributed by atoms with Gasteiger partial charge in [0.1, 0.15) is 19.3 Å². The van der Waals surface area contributed by atoms with Gasteiger partial charge in [0.15, 0.2) is 12.2 Å². The van der Waals surface area contributed by atoms with Crippen molar-refractivity contribution < 1.29 is 80.2 Å². The van der Waals surface area contributed by atoms with Crippen LogP contribution in [-0.4, -0.2) is 96.7 Å². The van der Waals surface area contributed by atoms with E-state index in [0.717, 1.165) is 102 Å². The van der Waals surface area contributed by atoms with Crippen LogP contribution in [0.5, 0.6) is 0 Å². The number of phosphoric ester groups is 2. The molecule has 90 heavy (non-hydrogen) atoms. The number of ether oxygens (including phenoxy) is 4. The molecule has 0 aliphatic heterocycles. The molecule has 534 valence electrons. The van der Waals surface area contributed by atoms with Crippen LogP contribution in [0.15, 0.2) is 0 Å². The largest absolute Gasteiger partial charge is 0.472 e. The van der Waals surface area contributed by atoms with E-state index < -0.39 is 97.5 Å². The number of hydrogen-bond donors (Lipinski definition) is 3. The third kappa shape index (κ3) is 64.8. The second-order valence-corrected chi connectivity index (χ2v) is 29.5. The van der Waals surface area contributed by atoms with Crippen LogP contribution in [0.2, 0.25) is 0 Å². The Balaban J connectivity index is 5.19. The Morgan fingerprint density at radius 1 is 0.300 bits per heavy atom. The van der Waals surface area contributed by atoms with Gasteiger partial charge in [-0.25, -0.2) is 9.13 Å². The number of aliphatic hydroxyl groups is 1. The standard InChI is InChI=1S/C71H138O17P2/c1-7-9-11-13-15-17-18-23-27-30-36-42-48-54-69(74)82-60-66(87-70(75)55-49-43-37-31-28-25-22-20-19-21-24-26-29-33-39-45-51-63(3)4)61-85-89(77,78)83-57-65(72)58-84-90(79,80)86-62-67(59-81-68(73)53-47-41-35-16-14-12-10-8-2)88-71(76)56-50-44-38-32-34-40-46-52-64(5)6/h63-67,72H,7-62H2,1-6H3,(H,77,78)(H,79,80)/t65-,66-,67-/m1/s1. The average molecular weight is 1330 g/mol. The van der Waals surface area contributed by atoms with Gasteiger partial charge < -0.3 is 33.8 Å². The molecule has 0 rings (SSSR count). The highest BCUT2D eigenvalue weighted by Crippen LogP contribution is 2.45. The lowest BCUT2D eigenvalue weighted by atomic mass is 10.0. The normalized spacial score (nSPS) is 14.1. The summed E-state index contributed by atoms with van der Waals surface area (Å²) < 4.78 is 68.2. The van der Waals surface area contributed by atoms with Crippen LogP contribution in [0, 0.1) is 11.8 Å². The van der Waals surface area contributed by atoms with Gasteiger partial charge in [-0.15, -0.1) is 0 Å². The maximum atomic E-state index is 13.0. The highest BCUT2D eigenvalue weighted by molar-refractivity contribution is 7.47. The van der Waals surface area contributed by atoms with Crippen molar-refractivity contribution in [2.45, 2.75) is 381 Å². The number of carbonyl (C=O) groups is 4. The SMILES string of the molecule is CCCCCCCCCCCCCCCC(=O)OC[C@H](COP(=O)(O)OC[C@@H](O)COP(=O)(O)OC[C@@H](COC(=O)CCCCCCCCCC)OC(=O)CCCCCCCCCC(C)C)OC(=O)CCCCCCCCCCCCCCCCCCC(C)C. The van der Waals surface area contributed by atoms with E-state index in [0.29, 0.717) is 31.6 Å². The maximum absolute atomic E-state index is 13.0. The Bertz CT molecular complexity index is 1750. The lowest BCUT2D eigenvalue weighted by molar-refractivity contribution is -0.161. The summed E-state index contributed by atoms with van der Waals surface area (Å²) in [5.41, 5.74) is 0. The van der Waals surface area contributed by atoms with E-state index in [1.165, 1.54) is 173 Å². The summed E-state index contributed by atoms with van der Waals surface area (Å²) in [4.78, 5) is 72.4. The highest BCUT2D eigenvalue weighted by Gasteiger charge is 2.30. The molecule has 0 saturated carbocycles. The monoisotopic (exact) mass is 1320 g/mol. The first-order valence-electron chi connectivity index (χ1n) is 37.0. The predicted octanol–water partition coefficient (Wildman–Crippen LogP) is 20.4. The molecule has 0 aliphatic carbocycles. The summed E-state index contributed by atoms with van der Waals surface area (Å²) in [5, 5.41) is 10.6. The van der Waals surface area contributed by atoms with Crippen molar-refractivity contribution in [3.63, 3.8) is 0 Å². The maximum Gasteiger partial charge on any atom is 0.472 e. The molecule has 5 atom stereocenters. The third-order valence-corrected chi connectivity index (χ3v) is 18.4. The average Bonchev–Trinajstić information content (AvgIpc) is 2.94. The Kier molecular flexibility index (Phi) is 61.8. The van der Waals surface area contributed by atoms with Gasteiger partial charge >= 0.3 is 39.5 Å². The first kappa shape index (κ1) is 88.1. The Morgan fingerprint density at radius 3 is 0.756 bits per heavy atom. The third-order valence-electron chi connectivity index (χ3n) is 16.5. The molecule has 0 heterocycles. The molecule has 0 aromatic heterocycles. The molecule has 3 N–H and O–H groups in total. The molecule has 0 fully saturated rings. The van der Waals surface area contributed by atoms with Gasteiger partial charge in [0.25, 0.3) is 0 Å². The molecule has 17 nitrogen and oxygen atoms in total. The van der Waals surface area contributed by atoms with Gasteiger partial charge in [0.2, 0.25) is 0 Å². The molecule has 19 heteroatoms. The zero-order chi connectivity index (χ0) is 66.5. The molecule has 0 saturated heterocycles. The first-order chi connectivity index (χ1) is 43.4. The van der Waals surface area contributed by atoms with Crippen molar-refractivity contribution >= 4 is 39.5 Å². The van der Waals surface area contributed by atoms with Crippen molar-refractivity contribution in [2.75, 3.05) is 39.6 Å². The van der Waals surface area contributed by atoms with Crippen LogP contribution < -0.4 is 0 Å². The predicted molar refractivity (Wildman–Crippen MR) is 363 cm³/mol. The van der Waals surface area contributed by atoms with Crippen LogP contribution in [0.4, 0.5) is 0 Å². The summed E-state index contributed by atoms with van der Waals surface area (Å²) in [5.74, 6) is -0.621. The molecule has 2 unspecified atom stereocenters. The van der Waals surface area contributed by atoms with Crippen LogP contribution in [0.3, 0.4) is 0 Å². The van der Waals surface area contributed by atoms with Crippen molar-refractivity contribution in [3.8, 4) is 0 Å². The van der Waals surface area contributed by atoms with Crippen LogP contribution in [0.1, 0.15) is 363 Å². The van der Waals surface area contributed by atoms with Gasteiger partial charge in [-0.3, -0.25) is 37.3 Å². The van der Waals surface area contributed by atoms with Crippen molar-refractivity contribution in [1.29, 1.82) is 0 Å². The summed E-state index contributed by atoms with van der Waals surface area (Å²) in [6.07, 6.45) is 48.7. The van der Waals surface area contributed by atoms with Crippen LogP contribution in [0.25, 0.3) is 0 Å². The number of phosphoric acid groups is 2. The molecular formula is C71H138O17P2. The van der Waals surface area contributed by atoms with Crippen LogP contribution >= 0.6 is 15.6 Å². The van der Waals surface area contributed by atoms with E-state index in [2.05, 4.69) is 41.5 Å². The molecule has 0 bridgehead atoms. The molecule has 0 aliphatic rings. The van der Waals surface area contributed by atoms with Gasteiger partial charge in [0.05, 0.1) is 26.4 Å². The molecule has 0 aromatic carbocycles.